The zero-order valence-electron chi connectivity index (χ0n) is 15.5. The molecule has 7 nitrogen and oxygen atoms in total. The van der Waals surface area contributed by atoms with Crippen LogP contribution in [0.25, 0.3) is 0 Å². The lowest BCUT2D eigenvalue weighted by Crippen LogP contribution is -2.03. The molecule has 2 aromatic rings. The number of hydrazone groups is 1. The quantitative estimate of drug-likeness (QED) is 0.287. The van der Waals surface area contributed by atoms with Crippen molar-refractivity contribution in [1.29, 1.82) is 0 Å². The molecular formula is C20H23N3O4. The Balaban J connectivity index is 2.22. The van der Waals surface area contributed by atoms with Gasteiger partial charge in [-0.15, -0.1) is 6.58 Å². The van der Waals surface area contributed by atoms with Gasteiger partial charge in [0.1, 0.15) is 0 Å². The van der Waals surface area contributed by atoms with Crippen LogP contribution in [0.5, 0.6) is 11.5 Å². The molecule has 2 aromatic carbocycles. The van der Waals surface area contributed by atoms with Crippen molar-refractivity contribution in [3.8, 4) is 11.5 Å². The van der Waals surface area contributed by atoms with Crippen molar-refractivity contribution in [3.05, 3.63) is 70.3 Å². The largest absolute Gasteiger partial charge is 0.490 e. The first-order chi connectivity index (χ1) is 13.1. The van der Waals surface area contributed by atoms with Gasteiger partial charge in [-0.25, -0.2) is 0 Å². The summed E-state index contributed by atoms with van der Waals surface area (Å²) in [5, 5.41) is 14.9. The fraction of sp³-hybridized carbons (Fsp3) is 0.250. The first-order valence-electron chi connectivity index (χ1n) is 8.66. The Kier molecular flexibility index (Phi) is 7.37. The second kappa shape index (κ2) is 9.96. The van der Waals surface area contributed by atoms with Gasteiger partial charge in [-0.1, -0.05) is 6.08 Å². The first-order valence-corrected chi connectivity index (χ1v) is 8.66. The van der Waals surface area contributed by atoms with Gasteiger partial charge in [-0.2, -0.15) is 5.10 Å². The zero-order chi connectivity index (χ0) is 19.6. The summed E-state index contributed by atoms with van der Waals surface area (Å²) in [5.41, 5.74) is 5.35. The Bertz CT molecular complexity index is 817. The van der Waals surface area contributed by atoms with Crippen LogP contribution in [0, 0.1) is 10.1 Å². The third-order valence-corrected chi connectivity index (χ3v) is 3.59. The average Bonchev–Trinajstić information content (AvgIpc) is 2.65. The van der Waals surface area contributed by atoms with Gasteiger partial charge in [0.15, 0.2) is 11.5 Å². The number of non-ortho nitro benzene ring substituents is 1. The van der Waals surface area contributed by atoms with Gasteiger partial charge >= 0.3 is 0 Å². The van der Waals surface area contributed by atoms with Crippen LogP contribution in [0.4, 0.5) is 11.4 Å². The molecule has 0 aromatic heterocycles. The van der Waals surface area contributed by atoms with E-state index in [0.29, 0.717) is 31.1 Å². The molecule has 1 N–H and O–H groups in total. The van der Waals surface area contributed by atoms with Gasteiger partial charge < -0.3 is 9.47 Å². The summed E-state index contributed by atoms with van der Waals surface area (Å²) in [7, 11) is 0. The maximum atomic E-state index is 10.7. The summed E-state index contributed by atoms with van der Waals surface area (Å²) in [6.45, 7) is 8.70. The van der Waals surface area contributed by atoms with Crippen molar-refractivity contribution >= 4 is 17.6 Å². The minimum atomic E-state index is -0.441. The van der Waals surface area contributed by atoms with E-state index in [1.54, 1.807) is 18.3 Å². The van der Waals surface area contributed by atoms with Crippen molar-refractivity contribution in [2.75, 3.05) is 18.6 Å². The van der Waals surface area contributed by atoms with Crippen molar-refractivity contribution in [3.63, 3.8) is 0 Å². The number of benzene rings is 2. The van der Waals surface area contributed by atoms with Gasteiger partial charge in [0.2, 0.25) is 0 Å². The lowest BCUT2D eigenvalue weighted by Gasteiger charge is -2.15. The highest BCUT2D eigenvalue weighted by Gasteiger charge is 2.12. The monoisotopic (exact) mass is 369 g/mol. The van der Waals surface area contributed by atoms with E-state index in [1.165, 1.54) is 12.1 Å². The maximum absolute atomic E-state index is 10.7. The molecule has 0 saturated heterocycles. The molecule has 0 aliphatic rings. The summed E-state index contributed by atoms with van der Waals surface area (Å²) in [4.78, 5) is 10.2. The number of nitrogens with zero attached hydrogens (tertiary/aromatic N) is 2. The molecule has 27 heavy (non-hydrogen) atoms. The summed E-state index contributed by atoms with van der Waals surface area (Å²) >= 11 is 0. The van der Waals surface area contributed by atoms with E-state index < -0.39 is 4.92 Å². The first kappa shape index (κ1) is 20.0. The highest BCUT2D eigenvalue weighted by molar-refractivity contribution is 5.82. The van der Waals surface area contributed by atoms with Gasteiger partial charge in [0.25, 0.3) is 5.69 Å². The van der Waals surface area contributed by atoms with Crippen molar-refractivity contribution in [2.24, 2.45) is 5.10 Å². The van der Waals surface area contributed by atoms with Gasteiger partial charge in [0, 0.05) is 17.7 Å². The molecule has 0 bridgehead atoms. The number of nitro benzene ring substituents is 1. The van der Waals surface area contributed by atoms with Crippen LogP contribution in [0.15, 0.2) is 54.2 Å². The topological polar surface area (TPSA) is 86.0 Å². The van der Waals surface area contributed by atoms with E-state index in [2.05, 4.69) is 17.1 Å². The second-order valence-corrected chi connectivity index (χ2v) is 5.54. The van der Waals surface area contributed by atoms with Gasteiger partial charge in [-0.05, 0) is 50.1 Å². The Labute approximate surface area is 158 Å². The summed E-state index contributed by atoms with van der Waals surface area (Å²) < 4.78 is 11.5. The van der Waals surface area contributed by atoms with Crippen LogP contribution < -0.4 is 14.9 Å². The summed E-state index contributed by atoms with van der Waals surface area (Å²) in [6.07, 6.45) is 4.11. The number of ether oxygens (including phenoxy) is 2. The number of hydrogen-bond acceptors (Lipinski definition) is 6. The number of allylic oxidation sites excluding steroid dienone is 1. The number of rotatable bonds is 10. The molecule has 0 spiro atoms. The van der Waals surface area contributed by atoms with Crippen LogP contribution in [0.1, 0.15) is 25.0 Å². The van der Waals surface area contributed by atoms with E-state index in [-0.39, 0.29) is 5.69 Å². The normalized spacial score (nSPS) is 10.6. The van der Waals surface area contributed by atoms with Crippen LogP contribution in [0.3, 0.4) is 0 Å². The predicted octanol–water partition coefficient (Wildman–Crippen LogP) is 4.57. The van der Waals surface area contributed by atoms with Crippen molar-refractivity contribution < 1.29 is 14.4 Å². The lowest BCUT2D eigenvalue weighted by atomic mass is 10.1. The van der Waals surface area contributed by atoms with E-state index in [9.17, 15) is 10.1 Å². The van der Waals surface area contributed by atoms with Crippen LogP contribution in [-0.4, -0.2) is 24.4 Å². The molecule has 2 rings (SSSR count). The molecule has 0 unspecified atom stereocenters. The Hall–Kier alpha value is -3.35. The predicted molar refractivity (Wildman–Crippen MR) is 107 cm³/mol. The van der Waals surface area contributed by atoms with Crippen LogP contribution >= 0.6 is 0 Å². The minimum Gasteiger partial charge on any atom is -0.490 e. The number of nitro groups is 1. The molecule has 0 aliphatic carbocycles. The van der Waals surface area contributed by atoms with Crippen LogP contribution in [-0.2, 0) is 6.42 Å². The van der Waals surface area contributed by atoms with E-state index >= 15 is 0 Å². The Morgan fingerprint density at radius 1 is 1.19 bits per heavy atom. The zero-order valence-corrected chi connectivity index (χ0v) is 15.5. The molecule has 0 fully saturated rings. The molecule has 0 heterocycles. The fourth-order valence-corrected chi connectivity index (χ4v) is 2.48. The number of anilines is 1. The summed E-state index contributed by atoms with van der Waals surface area (Å²) in [6, 6.07) is 9.87. The molecule has 7 heteroatoms. The second-order valence-electron chi connectivity index (χ2n) is 5.54. The van der Waals surface area contributed by atoms with E-state index in [4.69, 9.17) is 9.47 Å². The van der Waals surface area contributed by atoms with Gasteiger partial charge in [-0.3, -0.25) is 15.5 Å². The molecule has 0 atom stereocenters. The molecule has 0 aliphatic heterocycles. The Morgan fingerprint density at radius 3 is 2.48 bits per heavy atom. The smallest absolute Gasteiger partial charge is 0.269 e. The third-order valence-electron chi connectivity index (χ3n) is 3.59. The van der Waals surface area contributed by atoms with E-state index in [1.807, 2.05) is 32.1 Å². The molecular weight excluding hydrogens is 346 g/mol. The van der Waals surface area contributed by atoms with Gasteiger partial charge in [0.05, 0.1) is 30.0 Å². The molecule has 142 valence electrons. The van der Waals surface area contributed by atoms with E-state index in [0.717, 1.165) is 16.9 Å². The number of hydrogen-bond donors (Lipinski definition) is 1. The average molecular weight is 369 g/mol. The standard InChI is InChI=1S/C20H23N3O4/c1-4-7-16-12-15(13-19(26-5-2)20(16)27-6-3)14-21-22-17-8-10-18(11-9-17)23(24)25/h4,8-14,22H,1,5-7H2,2-3H3/b21-14+. The fourth-order valence-electron chi connectivity index (χ4n) is 2.48. The molecule has 0 amide bonds. The summed E-state index contributed by atoms with van der Waals surface area (Å²) in [5.74, 6) is 1.38. The third kappa shape index (κ3) is 5.57. The Morgan fingerprint density at radius 2 is 1.89 bits per heavy atom. The van der Waals surface area contributed by atoms with Crippen molar-refractivity contribution in [1.82, 2.24) is 0 Å². The van der Waals surface area contributed by atoms with Crippen LogP contribution in [0.2, 0.25) is 0 Å². The maximum Gasteiger partial charge on any atom is 0.269 e. The number of nitrogens with one attached hydrogen (secondary N) is 1. The minimum absolute atomic E-state index is 0.0338. The highest BCUT2D eigenvalue weighted by Crippen LogP contribution is 2.33. The highest BCUT2D eigenvalue weighted by atomic mass is 16.6. The molecule has 0 radical (unpaired) electrons. The van der Waals surface area contributed by atoms with Crippen molar-refractivity contribution in [2.45, 2.75) is 20.3 Å². The lowest BCUT2D eigenvalue weighted by molar-refractivity contribution is -0.384. The SMILES string of the molecule is C=CCc1cc(/C=N/Nc2ccc([N+](=O)[O-])cc2)cc(OCC)c1OCC. The molecule has 0 saturated carbocycles.